The highest BCUT2D eigenvalue weighted by Gasteiger charge is 2.45. The van der Waals surface area contributed by atoms with Crippen LogP contribution in [0.15, 0.2) is 63.3 Å². The van der Waals surface area contributed by atoms with Gasteiger partial charge in [0.1, 0.15) is 0 Å². The summed E-state index contributed by atoms with van der Waals surface area (Å²) in [5, 5.41) is 0. The topological polar surface area (TPSA) is 49.3 Å². The number of nitrogens with zero attached hydrogens (tertiary/aromatic N) is 4. The number of carbonyl (C=O) groups excluding carboxylic acids is 1. The summed E-state index contributed by atoms with van der Waals surface area (Å²) in [6.07, 6.45) is 5.92. The Bertz CT molecular complexity index is 1320. The molecule has 0 aliphatic carbocycles. The maximum atomic E-state index is 15.0. The van der Waals surface area contributed by atoms with E-state index in [1.807, 2.05) is 64.7 Å². The largest absolute Gasteiger partial charge is 0.345 e. The first kappa shape index (κ1) is 35.7. The molecule has 1 atom stereocenters. The van der Waals surface area contributed by atoms with E-state index in [2.05, 4.69) is 41.8 Å². The highest BCUT2D eigenvalue weighted by molar-refractivity contribution is 9.10. The Morgan fingerprint density at radius 2 is 1.57 bits per heavy atom. The minimum absolute atomic E-state index is 0.133. The predicted octanol–water partition coefficient (Wildman–Crippen LogP) is 8.87. The lowest BCUT2D eigenvalue weighted by Gasteiger charge is -2.38. The van der Waals surface area contributed by atoms with E-state index < -0.39 is 11.8 Å². The zero-order valence-electron chi connectivity index (χ0n) is 25.8. The summed E-state index contributed by atoms with van der Waals surface area (Å²) in [7, 11) is 3.34. The van der Waals surface area contributed by atoms with Crippen LogP contribution in [0.4, 0.5) is 8.78 Å². The van der Waals surface area contributed by atoms with E-state index in [1.165, 1.54) is 10.5 Å². The summed E-state index contributed by atoms with van der Waals surface area (Å²) in [5.41, 5.74) is 6.29. The van der Waals surface area contributed by atoms with E-state index in [-0.39, 0.29) is 12.5 Å². The van der Waals surface area contributed by atoms with Crippen molar-refractivity contribution < 1.29 is 13.6 Å². The summed E-state index contributed by atoms with van der Waals surface area (Å²) in [6.45, 7) is 12.7. The van der Waals surface area contributed by atoms with Gasteiger partial charge in [-0.3, -0.25) is 19.7 Å². The number of aryl methyl sites for hydroxylation is 2. The van der Waals surface area contributed by atoms with Crippen LogP contribution in [0.1, 0.15) is 71.5 Å². The fraction of sp³-hybridized carbons (Fsp3) is 0.424. The monoisotopic (exact) mass is 706 g/mol. The van der Waals surface area contributed by atoms with Crippen molar-refractivity contribution in [2.24, 2.45) is 0 Å². The first-order chi connectivity index (χ1) is 19.8. The van der Waals surface area contributed by atoms with E-state index >= 15 is 8.78 Å². The van der Waals surface area contributed by atoms with Gasteiger partial charge in [0, 0.05) is 64.5 Å². The minimum atomic E-state index is -2.84. The van der Waals surface area contributed by atoms with Gasteiger partial charge in [0.2, 0.25) is 0 Å². The minimum Gasteiger partial charge on any atom is -0.345 e. The second-order valence-corrected chi connectivity index (χ2v) is 12.1. The fourth-order valence-corrected chi connectivity index (χ4v) is 5.57. The van der Waals surface area contributed by atoms with Crippen molar-refractivity contribution in [3.8, 4) is 0 Å². The highest BCUT2D eigenvalue weighted by atomic mass is 79.9. The summed E-state index contributed by atoms with van der Waals surface area (Å²) >= 11 is 6.94. The smallest absolute Gasteiger partial charge is 0.267 e. The van der Waals surface area contributed by atoms with Crippen molar-refractivity contribution in [2.45, 2.75) is 59.8 Å². The van der Waals surface area contributed by atoms with Gasteiger partial charge < -0.3 is 4.90 Å². The third-order valence-corrected chi connectivity index (χ3v) is 8.58. The molecule has 9 heteroatoms. The number of rotatable bonds is 5. The Hall–Kier alpha value is -2.49. The van der Waals surface area contributed by atoms with Crippen LogP contribution in [0.25, 0.3) is 6.08 Å². The first-order valence-electron chi connectivity index (χ1n) is 14.1. The zero-order chi connectivity index (χ0) is 31.6. The van der Waals surface area contributed by atoms with Crippen molar-refractivity contribution in [3.63, 3.8) is 0 Å². The molecule has 1 amide bonds. The van der Waals surface area contributed by atoms with E-state index in [0.29, 0.717) is 30.6 Å². The van der Waals surface area contributed by atoms with Gasteiger partial charge in [-0.25, -0.2) is 8.78 Å². The first-order valence-corrected chi connectivity index (χ1v) is 15.7. The van der Waals surface area contributed by atoms with Crippen LogP contribution in [0.2, 0.25) is 0 Å². The molecule has 0 bridgehead atoms. The maximum absolute atomic E-state index is 15.0. The number of alkyl halides is 2. The van der Waals surface area contributed by atoms with Crippen LogP contribution in [0.5, 0.6) is 0 Å². The highest BCUT2D eigenvalue weighted by Crippen LogP contribution is 2.40. The van der Waals surface area contributed by atoms with Gasteiger partial charge in [-0.15, -0.1) is 0 Å². The average Bonchev–Trinajstić information content (AvgIpc) is 2.94. The van der Waals surface area contributed by atoms with Gasteiger partial charge >= 0.3 is 0 Å². The number of aromatic nitrogens is 2. The SMILES string of the molecule is C/C(=C\c1c(Br)ccnc1C)CN1CCC(c2ccc(C(=O)N(C)C)cc2)C(F)(F)C1.CC.Cc1nccc(Br)c1C. The van der Waals surface area contributed by atoms with E-state index in [0.717, 1.165) is 31.5 Å². The van der Waals surface area contributed by atoms with Crippen molar-refractivity contribution in [3.05, 3.63) is 97.0 Å². The van der Waals surface area contributed by atoms with Crippen LogP contribution in [0.3, 0.4) is 0 Å². The average molecular weight is 709 g/mol. The number of hydrogen-bond donors (Lipinski definition) is 0. The lowest BCUT2D eigenvalue weighted by molar-refractivity contribution is -0.0805. The number of halogens is 4. The molecule has 1 unspecified atom stereocenters. The fourth-order valence-electron chi connectivity index (χ4n) is 4.65. The third kappa shape index (κ3) is 9.78. The van der Waals surface area contributed by atoms with Crippen molar-refractivity contribution in [2.75, 3.05) is 33.7 Å². The molecule has 1 fully saturated rings. The number of amides is 1. The molecule has 0 radical (unpaired) electrons. The zero-order valence-corrected chi connectivity index (χ0v) is 29.0. The second kappa shape index (κ2) is 16.4. The summed E-state index contributed by atoms with van der Waals surface area (Å²) in [4.78, 5) is 23.7. The normalized spacial score (nSPS) is 16.5. The molecule has 0 N–H and O–H groups in total. The number of benzene rings is 1. The molecule has 3 aromatic rings. The van der Waals surface area contributed by atoms with Crippen molar-refractivity contribution in [1.82, 2.24) is 19.8 Å². The number of pyridine rings is 2. The predicted molar refractivity (Wildman–Crippen MR) is 176 cm³/mol. The Balaban J connectivity index is 0.000000473. The molecule has 5 nitrogen and oxygen atoms in total. The quantitative estimate of drug-likeness (QED) is 0.266. The van der Waals surface area contributed by atoms with Crippen LogP contribution >= 0.6 is 31.9 Å². The molecule has 1 aliphatic heterocycles. The van der Waals surface area contributed by atoms with Crippen LogP contribution in [-0.2, 0) is 0 Å². The Labute approximate surface area is 266 Å². The third-order valence-electron chi connectivity index (χ3n) is 7.03. The molecular weight excluding hydrogens is 666 g/mol. The number of hydrogen-bond acceptors (Lipinski definition) is 4. The van der Waals surface area contributed by atoms with Gasteiger partial charge in [-0.05, 0) is 76.1 Å². The summed E-state index contributed by atoms with van der Waals surface area (Å²) in [6, 6.07) is 10.4. The van der Waals surface area contributed by atoms with E-state index in [9.17, 15) is 4.79 Å². The molecule has 3 heterocycles. The van der Waals surface area contributed by atoms with Gasteiger partial charge in [-0.2, -0.15) is 0 Å². The van der Waals surface area contributed by atoms with E-state index in [4.69, 9.17) is 0 Å². The standard InChI is InChI=1S/C24H28BrF2N3O.C7H8BrN.C2H6/c1-16(13-20-17(2)28-11-9-22(20)25)14-30-12-10-21(24(26,27)15-30)18-5-7-19(8-6-18)23(31)29(3)4;1-5-6(2)9-4-3-7(5)8;1-2/h5-9,11,13,21H,10,12,14-15H2,1-4H3;3-4H,1-2H3;1-2H3/b16-13+;;. The van der Waals surface area contributed by atoms with Gasteiger partial charge in [0.25, 0.3) is 11.8 Å². The van der Waals surface area contributed by atoms with Crippen LogP contribution in [-0.4, -0.2) is 65.3 Å². The molecule has 0 spiro atoms. The van der Waals surface area contributed by atoms with E-state index in [1.54, 1.807) is 50.8 Å². The Kier molecular flexibility index (Phi) is 13.9. The molecular formula is C33H42Br2F2N4O. The van der Waals surface area contributed by atoms with Crippen molar-refractivity contribution in [1.29, 1.82) is 0 Å². The lowest BCUT2D eigenvalue weighted by atomic mass is 9.85. The number of likely N-dealkylation sites (tertiary alicyclic amines) is 1. The number of piperidine rings is 1. The number of carbonyl (C=O) groups is 1. The Morgan fingerprint density at radius 1 is 1.00 bits per heavy atom. The molecule has 0 saturated carbocycles. The summed E-state index contributed by atoms with van der Waals surface area (Å²) in [5.74, 6) is -3.81. The lowest BCUT2D eigenvalue weighted by Crippen LogP contribution is -2.47. The van der Waals surface area contributed by atoms with Crippen molar-refractivity contribution >= 4 is 43.8 Å². The molecule has 42 heavy (non-hydrogen) atoms. The molecule has 2 aromatic heterocycles. The van der Waals surface area contributed by atoms with Gasteiger partial charge in [0.15, 0.2) is 0 Å². The van der Waals surface area contributed by atoms with Crippen LogP contribution < -0.4 is 0 Å². The van der Waals surface area contributed by atoms with Crippen LogP contribution in [0, 0.1) is 20.8 Å². The second-order valence-electron chi connectivity index (χ2n) is 10.4. The Morgan fingerprint density at radius 3 is 2.07 bits per heavy atom. The molecule has 1 aromatic carbocycles. The molecule has 4 rings (SSSR count). The molecule has 228 valence electrons. The molecule has 1 saturated heterocycles. The maximum Gasteiger partial charge on any atom is 0.267 e. The summed E-state index contributed by atoms with van der Waals surface area (Å²) < 4.78 is 32.2. The van der Waals surface area contributed by atoms with Gasteiger partial charge in [-0.1, -0.05) is 69.5 Å². The molecule has 1 aliphatic rings. The van der Waals surface area contributed by atoms with Gasteiger partial charge in [0.05, 0.1) is 12.5 Å².